The lowest BCUT2D eigenvalue weighted by molar-refractivity contribution is -0.156. The zero-order chi connectivity index (χ0) is 23.1. The highest BCUT2D eigenvalue weighted by Gasteiger charge is 2.29. The standard InChI is InChI=1S/C25H28N2O5/c1-17(26-23(28)15-12-19-10-13-21(31-3)14-11-19)25(30)32-18(2)24(29)27-16-6-8-20-7-4-5-9-22(20)27/h4-5,7,9-15,17-18H,6,8,16H2,1-3H3,(H,26,28)/b15-12+. The number of nitrogens with one attached hydrogen (secondary N) is 1. The lowest BCUT2D eigenvalue weighted by Crippen LogP contribution is -2.45. The van der Waals surface area contributed by atoms with Crippen LogP contribution in [0, 0.1) is 0 Å². The van der Waals surface area contributed by atoms with Gasteiger partial charge in [0.05, 0.1) is 7.11 Å². The molecule has 1 N–H and O–H groups in total. The maximum atomic E-state index is 12.9. The van der Waals surface area contributed by atoms with Gasteiger partial charge >= 0.3 is 5.97 Å². The fraction of sp³-hybridized carbons (Fsp3) is 0.320. The van der Waals surface area contributed by atoms with Crippen molar-refractivity contribution in [1.29, 1.82) is 0 Å². The van der Waals surface area contributed by atoms with Crippen LogP contribution in [-0.2, 0) is 25.5 Å². The van der Waals surface area contributed by atoms with Crippen LogP contribution in [0.4, 0.5) is 5.69 Å². The Hall–Kier alpha value is -3.61. The molecule has 0 saturated carbocycles. The molecule has 0 aromatic heterocycles. The number of aryl methyl sites for hydroxylation is 1. The van der Waals surface area contributed by atoms with Gasteiger partial charge in [0.15, 0.2) is 6.10 Å². The number of carbonyl (C=O) groups excluding carboxylic acids is 3. The van der Waals surface area contributed by atoms with Crippen LogP contribution in [0.2, 0.25) is 0 Å². The van der Waals surface area contributed by atoms with Gasteiger partial charge in [0.2, 0.25) is 5.91 Å². The molecule has 3 rings (SSSR count). The minimum Gasteiger partial charge on any atom is -0.497 e. The summed E-state index contributed by atoms with van der Waals surface area (Å²) in [6, 6.07) is 14.0. The minimum atomic E-state index is -0.956. The van der Waals surface area contributed by atoms with Gasteiger partial charge in [-0.25, -0.2) is 4.79 Å². The van der Waals surface area contributed by atoms with E-state index in [1.807, 2.05) is 36.4 Å². The Morgan fingerprint density at radius 1 is 1.06 bits per heavy atom. The van der Waals surface area contributed by atoms with Crippen molar-refractivity contribution in [1.82, 2.24) is 5.32 Å². The maximum Gasteiger partial charge on any atom is 0.329 e. The Morgan fingerprint density at radius 3 is 2.50 bits per heavy atom. The predicted octanol–water partition coefficient (Wildman–Crippen LogP) is 3.12. The van der Waals surface area contributed by atoms with Crippen molar-refractivity contribution in [3.8, 4) is 5.75 Å². The van der Waals surface area contributed by atoms with E-state index < -0.39 is 24.0 Å². The number of hydrogen-bond donors (Lipinski definition) is 1. The van der Waals surface area contributed by atoms with Crippen LogP contribution in [0.25, 0.3) is 6.08 Å². The molecule has 2 atom stereocenters. The number of ether oxygens (including phenoxy) is 2. The third kappa shape index (κ3) is 5.75. The molecular weight excluding hydrogens is 408 g/mol. The molecule has 2 unspecified atom stereocenters. The average molecular weight is 437 g/mol. The molecule has 0 spiro atoms. The number of methoxy groups -OCH3 is 1. The van der Waals surface area contributed by atoms with Crippen molar-refractivity contribution in [2.24, 2.45) is 0 Å². The molecule has 2 aromatic carbocycles. The first kappa shape index (κ1) is 23.1. The van der Waals surface area contributed by atoms with Gasteiger partial charge in [-0.05, 0) is 62.1 Å². The van der Waals surface area contributed by atoms with Gasteiger partial charge in [0.1, 0.15) is 11.8 Å². The van der Waals surface area contributed by atoms with Crippen molar-refractivity contribution in [3.63, 3.8) is 0 Å². The van der Waals surface area contributed by atoms with Crippen molar-refractivity contribution in [2.75, 3.05) is 18.6 Å². The summed E-state index contributed by atoms with van der Waals surface area (Å²) in [6.45, 7) is 3.66. The van der Waals surface area contributed by atoms with E-state index in [4.69, 9.17) is 9.47 Å². The first-order valence-electron chi connectivity index (χ1n) is 10.6. The summed E-state index contributed by atoms with van der Waals surface area (Å²) in [5.41, 5.74) is 2.78. The van der Waals surface area contributed by atoms with E-state index in [2.05, 4.69) is 5.32 Å². The average Bonchev–Trinajstić information content (AvgIpc) is 2.82. The second-order valence-electron chi connectivity index (χ2n) is 7.64. The SMILES string of the molecule is COc1ccc(/C=C/C(=O)NC(C)C(=O)OC(C)C(=O)N2CCCc3ccccc32)cc1. The molecule has 7 nitrogen and oxygen atoms in total. The van der Waals surface area contributed by atoms with Crippen LogP contribution in [-0.4, -0.2) is 43.6 Å². The third-order valence-electron chi connectivity index (χ3n) is 5.27. The molecule has 2 aromatic rings. The quantitative estimate of drug-likeness (QED) is 0.533. The van der Waals surface area contributed by atoms with Crippen LogP contribution in [0.5, 0.6) is 5.75 Å². The number of amides is 2. The number of carbonyl (C=O) groups is 3. The van der Waals surface area contributed by atoms with Crippen LogP contribution in [0.1, 0.15) is 31.4 Å². The van der Waals surface area contributed by atoms with E-state index in [9.17, 15) is 14.4 Å². The van der Waals surface area contributed by atoms with E-state index in [-0.39, 0.29) is 5.91 Å². The highest BCUT2D eigenvalue weighted by atomic mass is 16.5. The van der Waals surface area contributed by atoms with E-state index in [0.29, 0.717) is 6.54 Å². The number of para-hydroxylation sites is 1. The second-order valence-corrected chi connectivity index (χ2v) is 7.64. The van der Waals surface area contributed by atoms with Crippen LogP contribution in [0.15, 0.2) is 54.6 Å². The number of nitrogens with zero attached hydrogens (tertiary/aromatic N) is 1. The number of esters is 1. The summed E-state index contributed by atoms with van der Waals surface area (Å²) in [5.74, 6) is -0.653. The van der Waals surface area contributed by atoms with E-state index >= 15 is 0 Å². The topological polar surface area (TPSA) is 84.9 Å². The van der Waals surface area contributed by atoms with Gasteiger partial charge in [0.25, 0.3) is 5.91 Å². The van der Waals surface area contributed by atoms with E-state index in [1.54, 1.807) is 37.1 Å². The fourth-order valence-corrected chi connectivity index (χ4v) is 3.52. The molecule has 32 heavy (non-hydrogen) atoms. The normalized spacial score (nSPS) is 14.9. The number of hydrogen-bond acceptors (Lipinski definition) is 5. The Morgan fingerprint density at radius 2 is 1.78 bits per heavy atom. The third-order valence-corrected chi connectivity index (χ3v) is 5.27. The highest BCUT2D eigenvalue weighted by Crippen LogP contribution is 2.27. The smallest absolute Gasteiger partial charge is 0.329 e. The van der Waals surface area contributed by atoms with E-state index in [0.717, 1.165) is 35.4 Å². The summed E-state index contributed by atoms with van der Waals surface area (Å²) < 4.78 is 10.4. The Balaban J connectivity index is 1.52. The Labute approximate surface area is 188 Å². The molecule has 0 fully saturated rings. The second kappa shape index (κ2) is 10.6. The molecule has 0 aliphatic carbocycles. The fourth-order valence-electron chi connectivity index (χ4n) is 3.52. The monoisotopic (exact) mass is 436 g/mol. The van der Waals surface area contributed by atoms with Gasteiger partial charge in [-0.1, -0.05) is 30.3 Å². The predicted molar refractivity (Wildman–Crippen MR) is 122 cm³/mol. The van der Waals surface area contributed by atoms with Gasteiger partial charge in [-0.15, -0.1) is 0 Å². The number of anilines is 1. The maximum absolute atomic E-state index is 12.9. The highest BCUT2D eigenvalue weighted by molar-refractivity contribution is 5.99. The summed E-state index contributed by atoms with van der Waals surface area (Å²) in [4.78, 5) is 39.1. The summed E-state index contributed by atoms with van der Waals surface area (Å²) in [6.07, 6.45) is 3.79. The summed E-state index contributed by atoms with van der Waals surface area (Å²) in [5, 5.41) is 2.56. The van der Waals surface area contributed by atoms with Crippen molar-refractivity contribution < 1.29 is 23.9 Å². The minimum absolute atomic E-state index is 0.275. The molecule has 1 heterocycles. The molecule has 7 heteroatoms. The Bertz CT molecular complexity index is 1000. The Kier molecular flexibility index (Phi) is 7.65. The molecular formula is C25H28N2O5. The van der Waals surface area contributed by atoms with Gasteiger partial charge in [-0.3, -0.25) is 9.59 Å². The zero-order valence-electron chi connectivity index (χ0n) is 18.5. The van der Waals surface area contributed by atoms with Crippen molar-refractivity contribution in [3.05, 3.63) is 65.7 Å². The summed E-state index contributed by atoms with van der Waals surface area (Å²) >= 11 is 0. The molecule has 1 aliphatic heterocycles. The number of fused-ring (bicyclic) bond motifs is 1. The first-order valence-corrected chi connectivity index (χ1v) is 10.6. The number of rotatable bonds is 7. The van der Waals surface area contributed by atoms with Gasteiger partial charge in [-0.2, -0.15) is 0 Å². The molecule has 0 bridgehead atoms. The van der Waals surface area contributed by atoms with E-state index in [1.165, 1.54) is 13.0 Å². The lowest BCUT2D eigenvalue weighted by Gasteiger charge is -2.31. The molecule has 0 radical (unpaired) electrons. The zero-order valence-corrected chi connectivity index (χ0v) is 18.5. The summed E-state index contributed by atoms with van der Waals surface area (Å²) in [7, 11) is 1.58. The van der Waals surface area contributed by atoms with Gasteiger partial charge in [0, 0.05) is 18.3 Å². The largest absolute Gasteiger partial charge is 0.497 e. The molecule has 2 amide bonds. The lowest BCUT2D eigenvalue weighted by atomic mass is 10.0. The number of benzene rings is 2. The van der Waals surface area contributed by atoms with Crippen LogP contribution >= 0.6 is 0 Å². The van der Waals surface area contributed by atoms with Gasteiger partial charge < -0.3 is 19.7 Å². The molecule has 168 valence electrons. The van der Waals surface area contributed by atoms with Crippen molar-refractivity contribution >= 4 is 29.5 Å². The molecule has 1 aliphatic rings. The first-order chi connectivity index (χ1) is 15.4. The van der Waals surface area contributed by atoms with Crippen LogP contribution < -0.4 is 15.0 Å². The molecule has 0 saturated heterocycles. The van der Waals surface area contributed by atoms with Crippen molar-refractivity contribution in [2.45, 2.75) is 38.8 Å². The van der Waals surface area contributed by atoms with Crippen LogP contribution in [0.3, 0.4) is 0 Å².